The molecule has 0 aliphatic rings. The first-order valence-electron chi connectivity index (χ1n) is 3.05. The van der Waals surface area contributed by atoms with E-state index in [0.717, 1.165) is 18.6 Å². The van der Waals surface area contributed by atoms with Gasteiger partial charge in [0.25, 0.3) is 0 Å². The van der Waals surface area contributed by atoms with E-state index in [2.05, 4.69) is 12.6 Å². The number of thiol groups is 1. The Morgan fingerprint density at radius 1 is 1.78 bits per heavy atom. The minimum Gasteiger partial charge on any atom is -0.322 e. The normalized spacial score (nSPS) is 13.2. The monoisotopic (exact) mass is 147 g/mol. The van der Waals surface area contributed by atoms with Crippen LogP contribution in [0.2, 0.25) is 0 Å². The summed E-state index contributed by atoms with van der Waals surface area (Å²) >= 11 is 4.00. The summed E-state index contributed by atoms with van der Waals surface area (Å²) in [5.41, 5.74) is 5.42. The fourth-order valence-corrected chi connectivity index (χ4v) is 0.697. The van der Waals surface area contributed by atoms with Crippen LogP contribution >= 0.6 is 12.6 Å². The van der Waals surface area contributed by atoms with Gasteiger partial charge >= 0.3 is 0 Å². The van der Waals surface area contributed by atoms with Gasteiger partial charge in [0.05, 0.1) is 6.04 Å². The van der Waals surface area contributed by atoms with Gasteiger partial charge in [-0.3, -0.25) is 4.79 Å². The number of hydrogen-bond donors (Lipinski definition) is 2. The molecule has 2 N–H and O–H groups in total. The maximum absolute atomic E-state index is 10.5. The summed E-state index contributed by atoms with van der Waals surface area (Å²) in [5.74, 6) is 0.873. The third kappa shape index (κ3) is 4.48. The van der Waals surface area contributed by atoms with Crippen LogP contribution in [0.25, 0.3) is 0 Å². The van der Waals surface area contributed by atoms with Crippen LogP contribution in [0.1, 0.15) is 19.8 Å². The van der Waals surface area contributed by atoms with Gasteiger partial charge in [0.1, 0.15) is 5.78 Å². The zero-order chi connectivity index (χ0) is 7.28. The Kier molecular flexibility index (Phi) is 4.81. The van der Waals surface area contributed by atoms with Crippen molar-refractivity contribution in [2.24, 2.45) is 5.73 Å². The summed E-state index contributed by atoms with van der Waals surface area (Å²) in [6, 6.07) is -0.267. The fraction of sp³-hybridized carbons (Fsp3) is 0.833. The average Bonchev–Trinajstić information content (AvgIpc) is 1.82. The van der Waals surface area contributed by atoms with Crippen molar-refractivity contribution in [1.82, 2.24) is 0 Å². The molecule has 2 nitrogen and oxygen atoms in total. The third-order valence-electron chi connectivity index (χ3n) is 1.20. The van der Waals surface area contributed by atoms with Gasteiger partial charge in [0, 0.05) is 0 Å². The minimum atomic E-state index is -0.267. The topological polar surface area (TPSA) is 43.1 Å². The molecule has 0 bridgehead atoms. The van der Waals surface area contributed by atoms with Crippen molar-refractivity contribution < 1.29 is 4.79 Å². The molecule has 0 radical (unpaired) electrons. The van der Waals surface area contributed by atoms with Crippen molar-refractivity contribution in [2.45, 2.75) is 25.8 Å². The molecule has 0 aliphatic carbocycles. The quantitative estimate of drug-likeness (QED) is 0.572. The van der Waals surface area contributed by atoms with Gasteiger partial charge in [0.2, 0.25) is 0 Å². The van der Waals surface area contributed by atoms with Crippen LogP contribution in [0.5, 0.6) is 0 Å². The Morgan fingerprint density at radius 3 is 2.67 bits per heavy atom. The zero-order valence-corrected chi connectivity index (χ0v) is 6.53. The Bertz CT molecular complexity index is 95.1. The molecule has 0 spiro atoms. The second-order valence-corrected chi connectivity index (χ2v) is 2.53. The number of Topliss-reactive ketones (excluding diaryl/α,β-unsaturated/α-hetero) is 1. The highest BCUT2D eigenvalue weighted by atomic mass is 32.1. The number of ketones is 1. The highest BCUT2D eigenvalue weighted by molar-refractivity contribution is 7.80. The number of carbonyl (C=O) groups excluding carboxylic acids is 1. The fourth-order valence-electron chi connectivity index (χ4n) is 0.514. The van der Waals surface area contributed by atoms with Crippen LogP contribution < -0.4 is 5.73 Å². The molecule has 0 aromatic heterocycles. The zero-order valence-electron chi connectivity index (χ0n) is 5.63. The van der Waals surface area contributed by atoms with Crippen LogP contribution in [0.4, 0.5) is 0 Å². The first kappa shape index (κ1) is 8.98. The van der Waals surface area contributed by atoms with Crippen LogP contribution in [0, 0.1) is 0 Å². The first-order chi connectivity index (χ1) is 4.18. The molecule has 0 aromatic rings. The predicted octanol–water partition coefficient (Wildman–Crippen LogP) is 0.613. The summed E-state index contributed by atoms with van der Waals surface area (Å²) in [7, 11) is 0. The summed E-state index contributed by atoms with van der Waals surface area (Å²) in [6.45, 7) is 1.52. The molecule has 0 rings (SSSR count). The Morgan fingerprint density at radius 2 is 2.33 bits per heavy atom. The summed E-state index contributed by atoms with van der Waals surface area (Å²) in [4.78, 5) is 10.5. The van der Waals surface area contributed by atoms with E-state index >= 15 is 0 Å². The maximum Gasteiger partial charge on any atom is 0.146 e. The molecule has 3 heteroatoms. The van der Waals surface area contributed by atoms with E-state index in [4.69, 9.17) is 5.73 Å². The van der Waals surface area contributed by atoms with Gasteiger partial charge in [-0.05, 0) is 25.5 Å². The van der Waals surface area contributed by atoms with Crippen LogP contribution in [-0.4, -0.2) is 17.6 Å². The highest BCUT2D eigenvalue weighted by Gasteiger charge is 2.05. The van der Waals surface area contributed by atoms with Crippen molar-refractivity contribution in [1.29, 1.82) is 0 Å². The SMILES string of the molecule is CC(=O)[C@@H](N)CCCS. The van der Waals surface area contributed by atoms with E-state index in [9.17, 15) is 4.79 Å². The van der Waals surface area contributed by atoms with Crippen LogP contribution in [-0.2, 0) is 4.79 Å². The molecule has 0 aliphatic heterocycles. The predicted molar refractivity (Wildman–Crippen MR) is 41.7 cm³/mol. The smallest absolute Gasteiger partial charge is 0.146 e. The van der Waals surface area contributed by atoms with E-state index < -0.39 is 0 Å². The molecule has 54 valence electrons. The Balaban J connectivity index is 3.27. The van der Waals surface area contributed by atoms with Gasteiger partial charge in [-0.25, -0.2) is 0 Å². The summed E-state index contributed by atoms with van der Waals surface area (Å²) < 4.78 is 0. The van der Waals surface area contributed by atoms with Crippen molar-refractivity contribution >= 4 is 18.4 Å². The van der Waals surface area contributed by atoms with Gasteiger partial charge in [-0.15, -0.1) is 0 Å². The van der Waals surface area contributed by atoms with Crippen molar-refractivity contribution in [3.05, 3.63) is 0 Å². The van der Waals surface area contributed by atoms with E-state index in [1.807, 2.05) is 0 Å². The number of carbonyl (C=O) groups is 1. The lowest BCUT2D eigenvalue weighted by Crippen LogP contribution is -2.27. The molecule has 0 aromatic carbocycles. The third-order valence-corrected chi connectivity index (χ3v) is 1.51. The van der Waals surface area contributed by atoms with Crippen molar-refractivity contribution in [3.63, 3.8) is 0 Å². The summed E-state index contributed by atoms with van der Waals surface area (Å²) in [5, 5.41) is 0. The standard InChI is InChI=1S/C6H13NOS/c1-5(8)6(7)3-2-4-9/h6,9H,2-4,7H2,1H3/t6-/m0/s1. The Hall–Kier alpha value is -0.0200. The number of nitrogens with two attached hydrogens (primary N) is 1. The lowest BCUT2D eigenvalue weighted by atomic mass is 10.1. The maximum atomic E-state index is 10.5. The van der Waals surface area contributed by atoms with E-state index in [1.54, 1.807) is 0 Å². The van der Waals surface area contributed by atoms with E-state index in [-0.39, 0.29) is 11.8 Å². The van der Waals surface area contributed by atoms with Gasteiger partial charge in [0.15, 0.2) is 0 Å². The first-order valence-corrected chi connectivity index (χ1v) is 3.68. The van der Waals surface area contributed by atoms with E-state index in [0.29, 0.717) is 0 Å². The molecule has 1 atom stereocenters. The van der Waals surface area contributed by atoms with E-state index in [1.165, 1.54) is 6.92 Å². The Labute approximate surface area is 61.2 Å². The highest BCUT2D eigenvalue weighted by Crippen LogP contribution is 1.96. The average molecular weight is 147 g/mol. The van der Waals surface area contributed by atoms with Crippen LogP contribution in [0.15, 0.2) is 0 Å². The van der Waals surface area contributed by atoms with Gasteiger partial charge < -0.3 is 5.73 Å². The molecule has 0 saturated carbocycles. The van der Waals surface area contributed by atoms with Crippen molar-refractivity contribution in [3.8, 4) is 0 Å². The molecule has 0 fully saturated rings. The minimum absolute atomic E-state index is 0.0665. The lowest BCUT2D eigenvalue weighted by molar-refractivity contribution is -0.118. The molecular formula is C6H13NOS. The summed E-state index contributed by atoms with van der Waals surface area (Å²) in [6.07, 6.45) is 1.68. The second-order valence-electron chi connectivity index (χ2n) is 2.08. The second kappa shape index (κ2) is 4.82. The molecule has 0 heterocycles. The molecule has 0 saturated heterocycles. The van der Waals surface area contributed by atoms with Crippen molar-refractivity contribution in [2.75, 3.05) is 5.75 Å². The largest absolute Gasteiger partial charge is 0.322 e. The van der Waals surface area contributed by atoms with Gasteiger partial charge in [-0.2, -0.15) is 12.6 Å². The molecule has 9 heavy (non-hydrogen) atoms. The number of hydrogen-bond acceptors (Lipinski definition) is 3. The number of rotatable bonds is 4. The van der Waals surface area contributed by atoms with Gasteiger partial charge in [-0.1, -0.05) is 0 Å². The molecular weight excluding hydrogens is 134 g/mol. The molecule has 0 amide bonds. The molecule has 0 unspecified atom stereocenters. The van der Waals surface area contributed by atoms with Crippen LogP contribution in [0.3, 0.4) is 0 Å². The lowest BCUT2D eigenvalue weighted by Gasteiger charge is -2.03.